The molecule has 10 heteroatoms. The van der Waals surface area contributed by atoms with E-state index in [1.807, 2.05) is 0 Å². The van der Waals surface area contributed by atoms with Gasteiger partial charge in [0.1, 0.15) is 0 Å². The molecule has 10 heavy (non-hydrogen) atoms. The molecular formula is AgF2NO4S2+. The molecule has 0 unspecified atom stereocenters. The average Bonchev–Trinajstić information content (AvgIpc) is 1.59. The first-order chi connectivity index (χ1) is 4.15. The number of rotatable bonds is 2. The fourth-order valence-corrected chi connectivity index (χ4v) is 0.957. The van der Waals surface area contributed by atoms with Crippen LogP contribution in [0, 0.1) is 0 Å². The van der Waals surface area contributed by atoms with Crippen LogP contribution in [-0.4, -0.2) is 18.6 Å². The van der Waals surface area contributed by atoms with E-state index in [-0.39, 0.29) is 0 Å². The average molecular weight is 288 g/mol. The van der Waals surface area contributed by atoms with E-state index in [0.717, 1.165) is 0 Å². The van der Waals surface area contributed by atoms with Crippen molar-refractivity contribution < 1.29 is 47.2 Å². The summed E-state index contributed by atoms with van der Waals surface area (Å²) in [5.74, 6) is 0. The fourth-order valence-electron chi connectivity index (χ4n) is 0.106. The first-order valence-electron chi connectivity index (χ1n) is 1.48. The zero-order valence-corrected chi connectivity index (χ0v) is 7.07. The van der Waals surface area contributed by atoms with Crippen molar-refractivity contribution in [3.05, 3.63) is 0 Å². The Morgan fingerprint density at radius 1 is 1.00 bits per heavy atom. The molecule has 65 valence electrons. The van der Waals surface area contributed by atoms with Gasteiger partial charge in [-0.15, -0.1) is 0 Å². The number of nitrogens with zero attached hydrogens (tertiary/aromatic N) is 1. The standard InChI is InChI=1S/Ag.F2NO4S2/c;1-8(4,5)3-9(2,6)7/q+2;-1. The van der Waals surface area contributed by atoms with E-state index in [2.05, 4.69) is 0 Å². The fraction of sp³-hybridized carbons (Fsp3) is 0. The molecule has 0 aromatic rings. The van der Waals surface area contributed by atoms with Gasteiger partial charge < -0.3 is 0 Å². The SMILES string of the molecule is O=S(=O)(F)[N+](=[Ag])S(=O)(=O)F. The Balaban J connectivity index is 5.16. The van der Waals surface area contributed by atoms with Gasteiger partial charge in [-0.1, -0.05) is 0 Å². The minimum absolute atomic E-state index is 1.20. The Labute approximate surface area is 68.1 Å². The van der Waals surface area contributed by atoms with Crippen LogP contribution in [0.25, 0.3) is 0 Å². The summed E-state index contributed by atoms with van der Waals surface area (Å²) in [6, 6.07) is 0. The van der Waals surface area contributed by atoms with Crippen molar-refractivity contribution in [2.24, 2.45) is 0 Å². The van der Waals surface area contributed by atoms with Crippen LogP contribution in [0.2, 0.25) is 0 Å². The quantitative estimate of drug-likeness (QED) is 0.490. The molecule has 0 spiro atoms. The van der Waals surface area contributed by atoms with E-state index in [1.54, 1.807) is 20.9 Å². The van der Waals surface area contributed by atoms with E-state index in [1.165, 1.54) is 0 Å². The molecule has 5 nitrogen and oxygen atoms in total. The number of halogens is 2. The molecule has 0 amide bonds. The monoisotopic (exact) mass is 287 g/mol. The van der Waals surface area contributed by atoms with E-state index >= 15 is 0 Å². The molecule has 0 bridgehead atoms. The topological polar surface area (TPSA) is 71.3 Å². The van der Waals surface area contributed by atoms with Crippen molar-refractivity contribution >= 4 is 20.8 Å². The summed E-state index contributed by atoms with van der Waals surface area (Å²) in [4.78, 5) is 0. The molecule has 0 saturated carbocycles. The van der Waals surface area contributed by atoms with Gasteiger partial charge in [0.2, 0.25) is 0 Å². The second-order valence-corrected chi connectivity index (χ2v) is 5.10. The Morgan fingerprint density at radius 3 is 1.20 bits per heavy atom. The van der Waals surface area contributed by atoms with Gasteiger partial charge in [0.05, 0.1) is 0 Å². The normalized spacial score (nSPS) is 13.2. The van der Waals surface area contributed by atoms with Crippen molar-refractivity contribution in [3.8, 4) is 0 Å². The summed E-state index contributed by atoms with van der Waals surface area (Å²) in [7, 11) is -11.1. The number of hydrogen-bond acceptors (Lipinski definition) is 4. The van der Waals surface area contributed by atoms with E-state index in [9.17, 15) is 24.6 Å². The maximum absolute atomic E-state index is 11.5. The zero-order chi connectivity index (χ0) is 8.58. The molecule has 0 aliphatic rings. The summed E-state index contributed by atoms with van der Waals surface area (Å²) < 4.78 is 60.1. The Bertz CT molecular complexity index is 303. The summed E-state index contributed by atoms with van der Waals surface area (Å²) in [6.07, 6.45) is 0. The zero-order valence-electron chi connectivity index (χ0n) is 3.95. The van der Waals surface area contributed by atoms with Crippen molar-refractivity contribution in [1.29, 1.82) is 0 Å². The van der Waals surface area contributed by atoms with Gasteiger partial charge >= 0.3 is 68.0 Å². The van der Waals surface area contributed by atoms with Gasteiger partial charge in [-0.05, 0) is 0 Å². The molecule has 0 heterocycles. The molecule has 0 saturated heterocycles. The van der Waals surface area contributed by atoms with Crippen LogP contribution in [0.3, 0.4) is 0 Å². The van der Waals surface area contributed by atoms with Crippen LogP contribution in [0.5, 0.6) is 0 Å². The second-order valence-electron chi connectivity index (χ2n) is 1.01. The molecule has 0 aromatic carbocycles. The van der Waals surface area contributed by atoms with Gasteiger partial charge in [0.25, 0.3) is 0 Å². The molecule has 0 N–H and O–H groups in total. The molecular weight excluding hydrogens is 288 g/mol. The molecule has 0 aliphatic carbocycles. The Kier molecular flexibility index (Phi) is 2.82. The van der Waals surface area contributed by atoms with Crippen molar-refractivity contribution in [3.63, 3.8) is 0 Å². The molecule has 0 fully saturated rings. The summed E-state index contributed by atoms with van der Waals surface area (Å²) >= 11 is 1.64. The van der Waals surface area contributed by atoms with Crippen molar-refractivity contribution in [2.45, 2.75) is 0 Å². The van der Waals surface area contributed by atoms with E-state index in [4.69, 9.17) is 0 Å². The minimum atomic E-state index is -5.57. The van der Waals surface area contributed by atoms with Gasteiger partial charge in [0, 0.05) is 0 Å². The molecule has 0 rings (SSSR count). The van der Waals surface area contributed by atoms with Crippen LogP contribution in [0.1, 0.15) is 0 Å². The predicted molar refractivity (Wildman–Crippen MR) is 20.3 cm³/mol. The van der Waals surface area contributed by atoms with Crippen molar-refractivity contribution in [1.82, 2.24) is 0 Å². The third kappa shape index (κ3) is 2.92. The molecule has 0 aliphatic heterocycles. The van der Waals surface area contributed by atoms with Crippen LogP contribution in [-0.2, 0) is 41.7 Å². The van der Waals surface area contributed by atoms with Gasteiger partial charge in [-0.25, -0.2) is 0 Å². The third-order valence-corrected chi connectivity index (χ3v) is 3.94. The van der Waals surface area contributed by atoms with Gasteiger partial charge in [-0.3, -0.25) is 0 Å². The molecule has 0 aromatic heterocycles. The summed E-state index contributed by atoms with van der Waals surface area (Å²) in [5.41, 5.74) is 0. The van der Waals surface area contributed by atoms with Crippen LogP contribution >= 0.6 is 0 Å². The van der Waals surface area contributed by atoms with Crippen LogP contribution < -0.4 is 0 Å². The van der Waals surface area contributed by atoms with Crippen molar-refractivity contribution in [2.75, 3.05) is 0 Å². The maximum atomic E-state index is 11.5. The first-order valence-corrected chi connectivity index (χ1v) is 4.82. The van der Waals surface area contributed by atoms with E-state index in [0.29, 0.717) is 0 Å². The summed E-state index contributed by atoms with van der Waals surface area (Å²) in [6.45, 7) is 0. The molecule has 0 radical (unpaired) electrons. The first kappa shape index (κ1) is 10.3. The second kappa shape index (κ2) is 2.74. The number of hydrogen-bond donors (Lipinski definition) is 0. The predicted octanol–water partition coefficient (Wildman–Crippen LogP) is -0.842. The molecule has 0 atom stereocenters. The van der Waals surface area contributed by atoms with Gasteiger partial charge in [-0.2, -0.15) is 0 Å². The Morgan fingerprint density at radius 2 is 1.20 bits per heavy atom. The third-order valence-electron chi connectivity index (χ3n) is 0.310. The van der Waals surface area contributed by atoms with Crippen LogP contribution in [0.4, 0.5) is 7.77 Å². The van der Waals surface area contributed by atoms with E-state index < -0.39 is 22.6 Å². The van der Waals surface area contributed by atoms with Crippen LogP contribution in [0.15, 0.2) is 0 Å². The van der Waals surface area contributed by atoms with Gasteiger partial charge in [0.15, 0.2) is 0 Å². The Hall–Kier alpha value is 0.300. The summed E-state index contributed by atoms with van der Waals surface area (Å²) in [5, 5.41) is 0.